The zero-order valence-corrected chi connectivity index (χ0v) is 10.8. The molecule has 1 unspecified atom stereocenters. The Bertz CT molecular complexity index is 446. The summed E-state index contributed by atoms with van der Waals surface area (Å²) in [6.45, 7) is 6.21. The molecular weight excluding hydrogens is 230 g/mol. The van der Waals surface area contributed by atoms with Crippen molar-refractivity contribution in [2.75, 3.05) is 18.4 Å². The van der Waals surface area contributed by atoms with Crippen molar-refractivity contribution in [3.8, 4) is 0 Å². The predicted molar refractivity (Wildman–Crippen MR) is 71.8 cm³/mol. The van der Waals surface area contributed by atoms with Crippen LogP contribution in [0.3, 0.4) is 0 Å². The van der Waals surface area contributed by atoms with Crippen molar-refractivity contribution in [2.45, 2.75) is 26.3 Å². The molecular formula is C13H19N3O2. The van der Waals surface area contributed by atoms with Gasteiger partial charge in [-0.1, -0.05) is 26.0 Å². The lowest BCUT2D eigenvalue weighted by Crippen LogP contribution is -2.49. The summed E-state index contributed by atoms with van der Waals surface area (Å²) >= 11 is 0. The van der Waals surface area contributed by atoms with Crippen molar-refractivity contribution in [2.24, 2.45) is 5.41 Å². The molecule has 0 radical (unpaired) electrons. The van der Waals surface area contributed by atoms with Gasteiger partial charge in [0.15, 0.2) is 0 Å². The lowest BCUT2D eigenvalue weighted by molar-refractivity contribution is -0.384. The van der Waals surface area contributed by atoms with Crippen LogP contribution in [0.15, 0.2) is 24.3 Å². The quantitative estimate of drug-likeness (QED) is 0.637. The third-order valence-corrected chi connectivity index (χ3v) is 3.56. The SMILES string of the molecule is CC1(C)CNCCC1Nc1ccccc1[N+](=O)[O-]. The molecule has 1 atom stereocenters. The van der Waals surface area contributed by atoms with E-state index in [1.54, 1.807) is 12.1 Å². The number of nitrogens with zero attached hydrogens (tertiary/aromatic N) is 1. The first-order chi connectivity index (χ1) is 8.50. The third-order valence-electron chi connectivity index (χ3n) is 3.56. The van der Waals surface area contributed by atoms with Crippen molar-refractivity contribution < 1.29 is 4.92 Å². The molecule has 0 spiro atoms. The Morgan fingerprint density at radius 3 is 2.83 bits per heavy atom. The zero-order chi connectivity index (χ0) is 13.2. The van der Waals surface area contributed by atoms with Gasteiger partial charge in [-0.05, 0) is 24.4 Å². The van der Waals surface area contributed by atoms with E-state index in [2.05, 4.69) is 24.5 Å². The van der Waals surface area contributed by atoms with Gasteiger partial charge >= 0.3 is 0 Å². The van der Waals surface area contributed by atoms with E-state index >= 15 is 0 Å². The van der Waals surface area contributed by atoms with E-state index < -0.39 is 0 Å². The van der Waals surface area contributed by atoms with Gasteiger partial charge in [0.05, 0.1) is 4.92 Å². The van der Waals surface area contributed by atoms with Crippen LogP contribution < -0.4 is 10.6 Å². The molecule has 1 aromatic rings. The molecule has 1 aromatic carbocycles. The molecule has 0 aromatic heterocycles. The largest absolute Gasteiger partial charge is 0.376 e. The fraction of sp³-hybridized carbons (Fsp3) is 0.538. The number of hydrogen-bond donors (Lipinski definition) is 2. The van der Waals surface area contributed by atoms with Crippen LogP contribution in [0.4, 0.5) is 11.4 Å². The minimum Gasteiger partial charge on any atom is -0.376 e. The van der Waals surface area contributed by atoms with Crippen molar-refractivity contribution in [3.63, 3.8) is 0 Å². The molecule has 5 nitrogen and oxygen atoms in total. The maximum Gasteiger partial charge on any atom is 0.292 e. The first kappa shape index (κ1) is 12.8. The van der Waals surface area contributed by atoms with Crippen molar-refractivity contribution in [3.05, 3.63) is 34.4 Å². The van der Waals surface area contributed by atoms with E-state index in [4.69, 9.17) is 0 Å². The molecule has 2 rings (SSSR count). The highest BCUT2D eigenvalue weighted by Crippen LogP contribution is 2.31. The molecule has 1 heterocycles. The minimum atomic E-state index is -0.337. The molecule has 1 aliphatic heterocycles. The second-order valence-electron chi connectivity index (χ2n) is 5.43. The summed E-state index contributed by atoms with van der Waals surface area (Å²) in [5.74, 6) is 0. The minimum absolute atomic E-state index is 0.0853. The number of nitro benzene ring substituents is 1. The Labute approximate surface area is 107 Å². The molecule has 1 saturated heterocycles. The van der Waals surface area contributed by atoms with Crippen LogP contribution in [0, 0.1) is 15.5 Å². The van der Waals surface area contributed by atoms with Gasteiger partial charge in [0.25, 0.3) is 5.69 Å². The van der Waals surface area contributed by atoms with Gasteiger partial charge in [-0.2, -0.15) is 0 Å². The molecule has 0 aliphatic carbocycles. The molecule has 2 N–H and O–H groups in total. The zero-order valence-electron chi connectivity index (χ0n) is 10.8. The lowest BCUT2D eigenvalue weighted by Gasteiger charge is -2.39. The summed E-state index contributed by atoms with van der Waals surface area (Å²) in [4.78, 5) is 10.6. The molecule has 0 saturated carbocycles. The van der Waals surface area contributed by atoms with Gasteiger partial charge in [0.1, 0.15) is 5.69 Å². The highest BCUT2D eigenvalue weighted by Gasteiger charge is 2.33. The first-order valence-electron chi connectivity index (χ1n) is 6.21. The average molecular weight is 249 g/mol. The van der Waals surface area contributed by atoms with Gasteiger partial charge in [-0.25, -0.2) is 0 Å². The highest BCUT2D eigenvalue weighted by molar-refractivity contribution is 5.61. The van der Waals surface area contributed by atoms with Gasteiger partial charge in [0.2, 0.25) is 0 Å². The Morgan fingerprint density at radius 2 is 2.17 bits per heavy atom. The van der Waals surface area contributed by atoms with E-state index in [0.29, 0.717) is 5.69 Å². The van der Waals surface area contributed by atoms with Gasteiger partial charge < -0.3 is 10.6 Å². The average Bonchev–Trinajstić information content (AvgIpc) is 2.32. The summed E-state index contributed by atoms with van der Waals surface area (Å²) in [6, 6.07) is 7.08. The fourth-order valence-electron chi connectivity index (χ4n) is 2.38. The van der Waals surface area contributed by atoms with E-state index in [-0.39, 0.29) is 22.1 Å². The number of piperidine rings is 1. The van der Waals surface area contributed by atoms with Gasteiger partial charge in [-0.15, -0.1) is 0 Å². The number of benzene rings is 1. The Balaban J connectivity index is 2.21. The first-order valence-corrected chi connectivity index (χ1v) is 6.21. The number of nitro groups is 1. The monoisotopic (exact) mass is 249 g/mol. The summed E-state index contributed by atoms with van der Waals surface area (Å²) < 4.78 is 0. The molecule has 0 bridgehead atoms. The number of hydrogen-bond acceptors (Lipinski definition) is 4. The standard InChI is InChI=1S/C13H19N3O2/c1-13(2)9-14-8-7-12(13)15-10-5-3-4-6-11(10)16(17)18/h3-6,12,14-15H,7-9H2,1-2H3. The van der Waals surface area contributed by atoms with Gasteiger partial charge in [0, 0.05) is 18.7 Å². The number of anilines is 1. The molecule has 1 aliphatic rings. The van der Waals surface area contributed by atoms with Crippen LogP contribution >= 0.6 is 0 Å². The fourth-order valence-corrected chi connectivity index (χ4v) is 2.38. The van der Waals surface area contributed by atoms with Crippen molar-refractivity contribution >= 4 is 11.4 Å². The van der Waals surface area contributed by atoms with Crippen LogP contribution in [0.2, 0.25) is 0 Å². The normalized spacial score (nSPS) is 22.4. The second kappa shape index (κ2) is 4.94. The van der Waals surface area contributed by atoms with Crippen LogP contribution in [0.25, 0.3) is 0 Å². The Kier molecular flexibility index (Phi) is 3.52. The summed E-state index contributed by atoms with van der Waals surface area (Å²) in [7, 11) is 0. The number of rotatable bonds is 3. The van der Waals surface area contributed by atoms with Crippen LogP contribution in [-0.4, -0.2) is 24.1 Å². The van der Waals surface area contributed by atoms with Crippen LogP contribution in [0.5, 0.6) is 0 Å². The highest BCUT2D eigenvalue weighted by atomic mass is 16.6. The van der Waals surface area contributed by atoms with E-state index in [0.717, 1.165) is 19.5 Å². The number of para-hydroxylation sites is 2. The molecule has 0 amide bonds. The lowest BCUT2D eigenvalue weighted by atomic mass is 9.80. The summed E-state index contributed by atoms with van der Waals surface area (Å²) in [5.41, 5.74) is 0.844. The van der Waals surface area contributed by atoms with Crippen LogP contribution in [0.1, 0.15) is 20.3 Å². The molecule has 5 heteroatoms. The molecule has 98 valence electrons. The Morgan fingerprint density at radius 1 is 1.44 bits per heavy atom. The maximum atomic E-state index is 11.0. The van der Waals surface area contributed by atoms with E-state index in [1.807, 2.05) is 6.07 Å². The smallest absolute Gasteiger partial charge is 0.292 e. The topological polar surface area (TPSA) is 67.2 Å². The third kappa shape index (κ3) is 2.61. The van der Waals surface area contributed by atoms with Crippen LogP contribution in [-0.2, 0) is 0 Å². The molecule has 1 fully saturated rings. The second-order valence-corrected chi connectivity index (χ2v) is 5.43. The summed E-state index contributed by atoms with van der Waals surface area (Å²) in [6.07, 6.45) is 0.971. The predicted octanol–water partition coefficient (Wildman–Crippen LogP) is 2.39. The van der Waals surface area contributed by atoms with Crippen molar-refractivity contribution in [1.82, 2.24) is 5.32 Å². The molecule has 18 heavy (non-hydrogen) atoms. The van der Waals surface area contributed by atoms with Gasteiger partial charge in [-0.3, -0.25) is 10.1 Å². The van der Waals surface area contributed by atoms with Crippen molar-refractivity contribution in [1.29, 1.82) is 0 Å². The van der Waals surface area contributed by atoms with E-state index in [1.165, 1.54) is 6.07 Å². The Hall–Kier alpha value is -1.62. The van der Waals surface area contributed by atoms with E-state index in [9.17, 15) is 10.1 Å². The summed E-state index contributed by atoms with van der Waals surface area (Å²) in [5, 5.41) is 17.7. The number of nitrogens with one attached hydrogen (secondary N) is 2. The maximum absolute atomic E-state index is 11.0.